The third-order valence-corrected chi connectivity index (χ3v) is 14.6. The summed E-state index contributed by atoms with van der Waals surface area (Å²) in [4.78, 5) is 13.1. The molecule has 0 bridgehead atoms. The molecule has 128 valence electrons. The first-order chi connectivity index (χ1) is 12.2. The van der Waals surface area contributed by atoms with Crippen molar-refractivity contribution < 1.29 is 21.9 Å². The molecule has 0 radical (unpaired) electrons. The molecule has 0 aromatic carbocycles. The predicted octanol–water partition coefficient (Wildman–Crippen LogP) is 2.66. The molecule has 0 amide bonds. The molecule has 0 aliphatic heterocycles. The van der Waals surface area contributed by atoms with Gasteiger partial charge in [-0.1, -0.05) is 0 Å². The molecule has 0 saturated heterocycles. The van der Waals surface area contributed by atoms with Gasteiger partial charge in [0.1, 0.15) is 0 Å². The standard InChI is InChI=1S/C15H7FI4N5/c16-10-6-23-15-13(14(10)17)9-4-11(8-2-1-3-21-5-8)22-7-12(9)25(15)20-24-19-18/h1-7H/q-1. The molecule has 4 aromatic rings. The predicted molar refractivity (Wildman–Crippen MR) is 117 cm³/mol. The average molecular weight is 784 g/mol. The van der Waals surface area contributed by atoms with E-state index in [9.17, 15) is 4.39 Å². The Morgan fingerprint density at radius 1 is 1.24 bits per heavy atom. The molecule has 5 nitrogen and oxygen atoms in total. The molecule has 0 unspecified atom stereocenters. The number of nitrogens with zero attached hydrogens (tertiary/aromatic N) is 5. The van der Waals surface area contributed by atoms with Crippen LogP contribution in [0.25, 0.3) is 33.2 Å². The van der Waals surface area contributed by atoms with Gasteiger partial charge < -0.3 is 0 Å². The second-order valence-corrected chi connectivity index (χ2v) is 13.0. The van der Waals surface area contributed by atoms with E-state index in [1.807, 2.05) is 24.4 Å². The van der Waals surface area contributed by atoms with Gasteiger partial charge in [0.15, 0.2) is 0 Å². The van der Waals surface area contributed by atoms with Gasteiger partial charge in [-0.05, 0) is 0 Å². The van der Waals surface area contributed by atoms with Gasteiger partial charge in [0.2, 0.25) is 0 Å². The zero-order chi connectivity index (χ0) is 17.4. The maximum absolute atomic E-state index is 14.1. The summed E-state index contributed by atoms with van der Waals surface area (Å²) >= 11 is 3.63. The maximum atomic E-state index is 14.1. The fraction of sp³-hybridized carbons (Fsp3) is 0. The van der Waals surface area contributed by atoms with Crippen molar-refractivity contribution in [2.24, 2.45) is 1.36 Å². The van der Waals surface area contributed by atoms with Crippen LogP contribution in [0, 0.1) is 9.39 Å². The van der Waals surface area contributed by atoms with E-state index in [4.69, 9.17) is 0 Å². The van der Waals surface area contributed by atoms with Crippen LogP contribution in [-0.4, -0.2) is 17.7 Å². The Morgan fingerprint density at radius 2 is 2.12 bits per heavy atom. The Kier molecular flexibility index (Phi) is 5.75. The van der Waals surface area contributed by atoms with Crippen molar-refractivity contribution in [3.8, 4) is 11.3 Å². The van der Waals surface area contributed by atoms with Crippen molar-refractivity contribution in [2.75, 3.05) is 0 Å². The van der Waals surface area contributed by atoms with Crippen molar-refractivity contribution in [1.82, 2.24) is 17.7 Å². The van der Waals surface area contributed by atoms with Gasteiger partial charge in [-0.25, -0.2) is 0 Å². The Balaban J connectivity index is 2.09. The third kappa shape index (κ3) is 3.42. The van der Waals surface area contributed by atoms with Gasteiger partial charge in [-0.15, -0.1) is 0 Å². The van der Waals surface area contributed by atoms with Crippen LogP contribution in [-0.2, 0) is 0 Å². The number of hydrogen-bond acceptors (Lipinski definition) is 4. The van der Waals surface area contributed by atoms with Crippen LogP contribution in [0.4, 0.5) is 4.39 Å². The molecule has 10 heteroatoms. The van der Waals surface area contributed by atoms with Gasteiger partial charge in [-0.2, -0.15) is 0 Å². The Labute approximate surface area is 186 Å². The zero-order valence-corrected chi connectivity index (χ0v) is 20.8. The van der Waals surface area contributed by atoms with E-state index >= 15 is 0 Å². The van der Waals surface area contributed by atoms with Crippen LogP contribution >= 0.6 is 62.5 Å². The third-order valence-electron chi connectivity index (χ3n) is 3.59. The topological polar surface area (TPSA) is 56.0 Å². The van der Waals surface area contributed by atoms with E-state index in [-0.39, 0.29) is 23.3 Å². The second-order valence-electron chi connectivity index (χ2n) is 4.93. The molecule has 0 N–H and O–H groups in total. The molecule has 0 aliphatic rings. The Bertz CT molecular complexity index is 1110. The fourth-order valence-electron chi connectivity index (χ4n) is 2.55. The molecule has 4 rings (SSSR count). The number of aromatic nitrogens is 4. The molecule has 25 heavy (non-hydrogen) atoms. The van der Waals surface area contributed by atoms with Crippen LogP contribution < -0.4 is 17.5 Å². The van der Waals surface area contributed by atoms with Gasteiger partial charge in [0.25, 0.3) is 0 Å². The SMILES string of the molecule is Fc1cnc2c(c1I)c1cc(-c3cccnc3)ncc1n2I=N[I-]I. The summed E-state index contributed by atoms with van der Waals surface area (Å²) in [6.07, 6.45) is 6.64. The first kappa shape index (κ1) is 18.3. The molecule has 0 atom stereocenters. The normalized spacial score (nSPS) is 12.3. The Morgan fingerprint density at radius 3 is 2.88 bits per heavy atom. The van der Waals surface area contributed by atoms with Gasteiger partial charge in [-0.3, -0.25) is 0 Å². The summed E-state index contributed by atoms with van der Waals surface area (Å²) < 4.78 is 21.5. The number of fused-ring (bicyclic) bond motifs is 3. The molecule has 0 fully saturated rings. The summed E-state index contributed by atoms with van der Waals surface area (Å²) in [6.45, 7) is 0. The van der Waals surface area contributed by atoms with Crippen molar-refractivity contribution in [3.63, 3.8) is 0 Å². The van der Waals surface area contributed by atoms with E-state index in [0.717, 1.165) is 33.2 Å². The summed E-state index contributed by atoms with van der Waals surface area (Å²) in [5.74, 6) is -0.302. The van der Waals surface area contributed by atoms with Crippen LogP contribution in [0.5, 0.6) is 0 Å². The second kappa shape index (κ2) is 7.87. The van der Waals surface area contributed by atoms with Crippen molar-refractivity contribution in [3.05, 3.63) is 52.4 Å². The van der Waals surface area contributed by atoms with Crippen molar-refractivity contribution in [1.29, 1.82) is 0 Å². The molecule has 0 spiro atoms. The molecule has 0 saturated carbocycles. The van der Waals surface area contributed by atoms with Gasteiger partial charge in [0, 0.05) is 0 Å². The van der Waals surface area contributed by atoms with Crippen molar-refractivity contribution >= 4 is 84.4 Å². The average Bonchev–Trinajstić information content (AvgIpc) is 2.97. The zero-order valence-electron chi connectivity index (χ0n) is 12.2. The minimum absolute atomic E-state index is 0.179. The van der Waals surface area contributed by atoms with Crippen LogP contribution in [0.2, 0.25) is 0 Å². The number of pyridine rings is 3. The summed E-state index contributed by atoms with van der Waals surface area (Å²) in [7, 11) is 0. The van der Waals surface area contributed by atoms with Gasteiger partial charge >= 0.3 is 189 Å². The summed E-state index contributed by atoms with van der Waals surface area (Å²) in [5, 5.41) is 1.80. The van der Waals surface area contributed by atoms with Crippen LogP contribution in [0.15, 0.2) is 44.3 Å². The monoisotopic (exact) mass is 784 g/mol. The van der Waals surface area contributed by atoms with E-state index in [1.165, 1.54) is 6.20 Å². The van der Waals surface area contributed by atoms with Crippen LogP contribution in [0.1, 0.15) is 0 Å². The molecular formula is C15H7FI4N5-. The quantitative estimate of drug-likeness (QED) is 0.301. The first-order valence-electron chi connectivity index (χ1n) is 6.85. The Hall–Kier alpha value is -0.100. The van der Waals surface area contributed by atoms with E-state index < -0.39 is 21.3 Å². The minimum atomic E-state index is -0.585. The van der Waals surface area contributed by atoms with E-state index in [0.29, 0.717) is 3.57 Å². The first-order valence-corrected chi connectivity index (χ1v) is 17.1. The molecular weight excluding hydrogens is 777 g/mol. The summed E-state index contributed by atoms with van der Waals surface area (Å²) in [6, 6.07) is 5.84. The van der Waals surface area contributed by atoms with E-state index in [1.54, 1.807) is 12.4 Å². The molecule has 4 heterocycles. The number of halogens is 5. The number of rotatable bonds is 3. The molecule has 0 aliphatic carbocycles. The fourth-order valence-corrected chi connectivity index (χ4v) is 8.92. The van der Waals surface area contributed by atoms with Crippen molar-refractivity contribution in [2.45, 2.75) is 0 Å². The number of hydrogen-bond donors (Lipinski definition) is 0. The van der Waals surface area contributed by atoms with Crippen LogP contribution in [0.3, 0.4) is 0 Å². The van der Waals surface area contributed by atoms with E-state index in [2.05, 4.69) is 60.3 Å². The van der Waals surface area contributed by atoms with Gasteiger partial charge in [0.05, 0.1) is 0 Å². The summed E-state index contributed by atoms with van der Waals surface area (Å²) in [5.41, 5.74) is 3.50. The molecule has 4 aromatic heterocycles.